The Kier molecular flexibility index (Phi) is 2.05. The van der Waals surface area contributed by atoms with Crippen molar-refractivity contribution >= 4 is 28.0 Å². The van der Waals surface area contributed by atoms with Gasteiger partial charge in [-0.25, -0.2) is 0 Å². The molecular weight excluding hydrogens is 190 g/mol. The van der Waals surface area contributed by atoms with Crippen molar-refractivity contribution in [1.29, 1.82) is 0 Å². The monoisotopic (exact) mass is 197 g/mol. The van der Waals surface area contributed by atoms with Gasteiger partial charge in [0.05, 0.1) is 0 Å². The number of anilines is 1. The minimum Gasteiger partial charge on any atom is -0.363 e. The highest BCUT2D eigenvalue weighted by Gasteiger charge is 2.04. The number of hydrogen-bond acceptors (Lipinski definition) is 5. The zero-order chi connectivity index (χ0) is 8.39. The lowest BCUT2D eigenvalue weighted by molar-refractivity contribution is 1.31. The Bertz CT molecular complexity index is 352. The largest absolute Gasteiger partial charge is 0.363 e. The molecule has 0 radical (unpaired) electrons. The van der Waals surface area contributed by atoms with Gasteiger partial charge in [-0.2, -0.15) is 20.7 Å². The van der Waals surface area contributed by atoms with Gasteiger partial charge in [-0.15, -0.1) is 0 Å². The summed E-state index contributed by atoms with van der Waals surface area (Å²) in [6.07, 6.45) is 0. The summed E-state index contributed by atoms with van der Waals surface area (Å²) in [4.78, 5) is 4.27. The first-order chi connectivity index (χ1) is 5.90. The van der Waals surface area contributed by atoms with Crippen LogP contribution in [0, 0.1) is 0 Å². The minimum absolute atomic E-state index is 0.811. The lowest BCUT2D eigenvalue weighted by Gasteiger charge is -1.86. The fraction of sp³-hybridized carbons (Fsp3) is 0.143. The first-order valence-corrected chi connectivity index (χ1v) is 5.16. The lowest BCUT2D eigenvalue weighted by Crippen LogP contribution is -1.85. The summed E-state index contributed by atoms with van der Waals surface area (Å²) >= 11 is 3.04. The van der Waals surface area contributed by atoms with E-state index in [-0.39, 0.29) is 0 Å². The number of hydrogen-bond donors (Lipinski definition) is 1. The molecule has 2 aromatic heterocycles. The standard InChI is InChI=1S/C7H7N3S2/c1-8-7-9-6(10-12-7)5-2-3-11-4-5/h2-4H,1H3,(H,8,9,10). The molecule has 0 saturated heterocycles. The van der Waals surface area contributed by atoms with Crippen molar-refractivity contribution < 1.29 is 0 Å². The molecule has 1 N–H and O–H groups in total. The van der Waals surface area contributed by atoms with Crippen LogP contribution in [0.25, 0.3) is 11.4 Å². The normalized spacial score (nSPS) is 10.1. The summed E-state index contributed by atoms with van der Waals surface area (Å²) in [7, 11) is 1.85. The van der Waals surface area contributed by atoms with Crippen LogP contribution in [0.4, 0.5) is 5.13 Å². The fourth-order valence-corrected chi connectivity index (χ4v) is 2.01. The maximum absolute atomic E-state index is 4.27. The van der Waals surface area contributed by atoms with E-state index in [1.807, 2.05) is 23.9 Å². The third kappa shape index (κ3) is 1.33. The van der Waals surface area contributed by atoms with Crippen molar-refractivity contribution in [3.63, 3.8) is 0 Å². The molecule has 62 valence electrons. The van der Waals surface area contributed by atoms with E-state index in [1.54, 1.807) is 11.3 Å². The summed E-state index contributed by atoms with van der Waals surface area (Å²) < 4.78 is 4.20. The van der Waals surface area contributed by atoms with E-state index in [4.69, 9.17) is 0 Å². The molecule has 0 fully saturated rings. The molecule has 0 bridgehead atoms. The highest BCUT2D eigenvalue weighted by molar-refractivity contribution is 7.10. The smallest absolute Gasteiger partial charge is 0.202 e. The Hall–Kier alpha value is -0.940. The summed E-state index contributed by atoms with van der Waals surface area (Å²) in [6, 6.07) is 2.02. The second-order valence-corrected chi connectivity index (χ2v) is 3.72. The Morgan fingerprint density at radius 3 is 3.00 bits per heavy atom. The van der Waals surface area contributed by atoms with Crippen molar-refractivity contribution in [2.45, 2.75) is 0 Å². The van der Waals surface area contributed by atoms with E-state index >= 15 is 0 Å². The Morgan fingerprint density at radius 1 is 1.50 bits per heavy atom. The van der Waals surface area contributed by atoms with Crippen LogP contribution in [0.2, 0.25) is 0 Å². The van der Waals surface area contributed by atoms with E-state index < -0.39 is 0 Å². The highest BCUT2D eigenvalue weighted by atomic mass is 32.1. The van der Waals surface area contributed by atoms with E-state index in [2.05, 4.69) is 14.7 Å². The molecule has 5 heteroatoms. The van der Waals surface area contributed by atoms with Gasteiger partial charge in [0.15, 0.2) is 5.82 Å². The first kappa shape index (κ1) is 7.70. The third-order valence-corrected chi connectivity index (χ3v) is 2.84. The van der Waals surface area contributed by atoms with Crippen molar-refractivity contribution in [1.82, 2.24) is 9.36 Å². The van der Waals surface area contributed by atoms with Gasteiger partial charge in [0.25, 0.3) is 0 Å². The average Bonchev–Trinajstić information content (AvgIpc) is 2.75. The molecule has 2 rings (SSSR count). The number of nitrogens with zero attached hydrogens (tertiary/aromatic N) is 2. The van der Waals surface area contributed by atoms with Gasteiger partial charge in [0.2, 0.25) is 5.13 Å². The van der Waals surface area contributed by atoms with E-state index in [0.717, 1.165) is 16.5 Å². The average molecular weight is 197 g/mol. The van der Waals surface area contributed by atoms with E-state index in [0.29, 0.717) is 0 Å². The Labute approximate surface area is 78.3 Å². The summed E-state index contributed by atoms with van der Waals surface area (Å²) in [5.74, 6) is 0.811. The number of thiophene rings is 1. The molecule has 12 heavy (non-hydrogen) atoms. The molecule has 2 aromatic rings. The fourth-order valence-electron chi connectivity index (χ4n) is 0.834. The van der Waals surface area contributed by atoms with Crippen molar-refractivity contribution in [2.75, 3.05) is 12.4 Å². The lowest BCUT2D eigenvalue weighted by atomic mass is 10.3. The van der Waals surface area contributed by atoms with Gasteiger partial charge in [-0.1, -0.05) is 0 Å². The number of nitrogens with one attached hydrogen (secondary N) is 1. The van der Waals surface area contributed by atoms with Crippen LogP contribution < -0.4 is 5.32 Å². The van der Waals surface area contributed by atoms with Crippen molar-refractivity contribution in [2.24, 2.45) is 0 Å². The maximum Gasteiger partial charge on any atom is 0.202 e. The predicted molar refractivity (Wildman–Crippen MR) is 52.8 cm³/mol. The van der Waals surface area contributed by atoms with E-state index in [9.17, 15) is 0 Å². The quantitative estimate of drug-likeness (QED) is 0.802. The molecule has 2 heterocycles. The second kappa shape index (κ2) is 3.20. The molecule has 0 aromatic carbocycles. The van der Waals surface area contributed by atoms with Crippen LogP contribution >= 0.6 is 22.9 Å². The summed E-state index contributed by atoms with van der Waals surface area (Å²) in [6.45, 7) is 0. The second-order valence-electron chi connectivity index (χ2n) is 2.19. The molecule has 0 aliphatic heterocycles. The molecule has 0 amide bonds. The molecule has 3 nitrogen and oxygen atoms in total. The molecule has 0 aliphatic carbocycles. The molecule has 0 unspecified atom stereocenters. The van der Waals surface area contributed by atoms with Crippen LogP contribution in [0.15, 0.2) is 16.8 Å². The zero-order valence-corrected chi connectivity index (χ0v) is 8.08. The van der Waals surface area contributed by atoms with Crippen LogP contribution in [0.1, 0.15) is 0 Å². The van der Waals surface area contributed by atoms with Gasteiger partial charge >= 0.3 is 0 Å². The van der Waals surface area contributed by atoms with Gasteiger partial charge < -0.3 is 5.32 Å². The third-order valence-electron chi connectivity index (χ3n) is 1.42. The Morgan fingerprint density at radius 2 is 2.42 bits per heavy atom. The van der Waals surface area contributed by atoms with Gasteiger partial charge in [-0.05, 0) is 11.4 Å². The van der Waals surface area contributed by atoms with Crippen LogP contribution in [0.5, 0.6) is 0 Å². The zero-order valence-electron chi connectivity index (χ0n) is 6.44. The number of rotatable bonds is 2. The SMILES string of the molecule is CNc1nc(-c2ccsc2)ns1. The van der Waals surface area contributed by atoms with Crippen LogP contribution in [-0.2, 0) is 0 Å². The number of aromatic nitrogens is 2. The molecular formula is C7H7N3S2. The van der Waals surface area contributed by atoms with Gasteiger partial charge in [-0.3, -0.25) is 0 Å². The molecule has 0 atom stereocenters. The van der Waals surface area contributed by atoms with Crippen LogP contribution in [-0.4, -0.2) is 16.4 Å². The van der Waals surface area contributed by atoms with E-state index in [1.165, 1.54) is 11.5 Å². The van der Waals surface area contributed by atoms with Gasteiger partial charge in [0, 0.05) is 29.5 Å². The predicted octanol–water partition coefficient (Wildman–Crippen LogP) is 2.31. The molecule has 0 aliphatic rings. The summed E-state index contributed by atoms with van der Waals surface area (Å²) in [5.41, 5.74) is 1.10. The van der Waals surface area contributed by atoms with Crippen molar-refractivity contribution in [3.05, 3.63) is 16.8 Å². The van der Waals surface area contributed by atoms with Gasteiger partial charge in [0.1, 0.15) is 0 Å². The van der Waals surface area contributed by atoms with Crippen molar-refractivity contribution in [3.8, 4) is 11.4 Å². The highest BCUT2D eigenvalue weighted by Crippen LogP contribution is 2.22. The Balaban J connectivity index is 2.35. The molecule has 0 saturated carbocycles. The van der Waals surface area contributed by atoms with Crippen LogP contribution in [0.3, 0.4) is 0 Å². The molecule has 0 spiro atoms. The minimum atomic E-state index is 0.811. The first-order valence-electron chi connectivity index (χ1n) is 3.44. The summed E-state index contributed by atoms with van der Waals surface area (Å²) in [5, 5.41) is 7.88. The maximum atomic E-state index is 4.27. The topological polar surface area (TPSA) is 37.8 Å².